The fraction of sp³-hybridized carbons (Fsp3) is 0.462. The number of aromatic nitrogens is 2. The van der Waals surface area contributed by atoms with Gasteiger partial charge in [-0.05, 0) is 37.0 Å². The van der Waals surface area contributed by atoms with Crippen LogP contribution in [0.25, 0.3) is 11.0 Å². The lowest BCUT2D eigenvalue weighted by molar-refractivity contribution is 0.0616. The van der Waals surface area contributed by atoms with Crippen LogP contribution in [0.2, 0.25) is 0 Å². The molecular weight excluding hydrogens is 300 g/mol. The molecule has 5 nitrogen and oxygen atoms in total. The van der Waals surface area contributed by atoms with Gasteiger partial charge in [-0.15, -0.1) is 0 Å². The van der Waals surface area contributed by atoms with Crippen LogP contribution < -0.4 is 0 Å². The Bertz CT molecular complexity index is 720. The van der Waals surface area contributed by atoms with Crippen molar-refractivity contribution in [3.63, 3.8) is 0 Å². The quantitative estimate of drug-likeness (QED) is 0.816. The van der Waals surface area contributed by atoms with Crippen LogP contribution in [0.15, 0.2) is 29.4 Å². The summed E-state index contributed by atoms with van der Waals surface area (Å²) in [5.74, 6) is 0.581. The number of fused-ring (bicyclic) bond motifs is 1. The monoisotopic (exact) mass is 314 g/mol. The molecule has 0 bridgehead atoms. The lowest BCUT2D eigenvalue weighted by Crippen LogP contribution is -2.20. The molecule has 0 atom stereocenters. The molecule has 1 fully saturated rings. The number of halogens is 1. The van der Waals surface area contributed by atoms with Gasteiger partial charge in [-0.3, -0.25) is 0 Å². The molecule has 0 N–H and O–H groups in total. The van der Waals surface area contributed by atoms with Gasteiger partial charge in [-0.2, -0.15) is 0 Å². The van der Waals surface area contributed by atoms with E-state index in [1.165, 1.54) is 12.1 Å². The van der Waals surface area contributed by atoms with Gasteiger partial charge >= 0.3 is 0 Å². The highest BCUT2D eigenvalue weighted by molar-refractivity contribution is 8.13. The Hall–Kier alpha value is -1.11. The van der Waals surface area contributed by atoms with Gasteiger partial charge in [0.25, 0.3) is 9.05 Å². The summed E-state index contributed by atoms with van der Waals surface area (Å²) in [5, 5.41) is 0. The van der Waals surface area contributed by atoms with Gasteiger partial charge < -0.3 is 9.30 Å². The van der Waals surface area contributed by atoms with Gasteiger partial charge in [0.15, 0.2) is 0 Å². The van der Waals surface area contributed by atoms with E-state index in [4.69, 9.17) is 15.4 Å². The maximum Gasteiger partial charge on any atom is 0.261 e. The molecule has 1 saturated heterocycles. The lowest BCUT2D eigenvalue weighted by atomic mass is 10.0. The fourth-order valence-electron chi connectivity index (χ4n) is 2.55. The summed E-state index contributed by atoms with van der Waals surface area (Å²) < 4.78 is 30.1. The number of rotatable bonds is 3. The highest BCUT2D eigenvalue weighted by Crippen LogP contribution is 2.23. The standard InChI is InChI=1S/C13H15ClN2O3S/c14-20(17,18)11-1-2-13-12(7-11)15-9-16(13)8-10-3-5-19-6-4-10/h1-2,7,9-10H,3-6,8H2. The Kier molecular flexibility index (Phi) is 3.70. The van der Waals surface area contributed by atoms with E-state index >= 15 is 0 Å². The normalized spacial score (nSPS) is 17.6. The first-order chi connectivity index (χ1) is 9.54. The molecule has 2 heterocycles. The van der Waals surface area contributed by atoms with Crippen LogP contribution in [0.5, 0.6) is 0 Å². The molecule has 2 aromatic rings. The van der Waals surface area contributed by atoms with Crippen LogP contribution in [0.3, 0.4) is 0 Å². The fourth-order valence-corrected chi connectivity index (χ4v) is 3.32. The Morgan fingerprint density at radius 2 is 2.10 bits per heavy atom. The lowest BCUT2D eigenvalue weighted by Gasteiger charge is -2.22. The number of hydrogen-bond acceptors (Lipinski definition) is 4. The highest BCUT2D eigenvalue weighted by Gasteiger charge is 2.17. The summed E-state index contributed by atoms with van der Waals surface area (Å²) in [6.07, 6.45) is 3.85. The van der Waals surface area contributed by atoms with Gasteiger partial charge in [0.1, 0.15) is 0 Å². The summed E-state index contributed by atoms with van der Waals surface area (Å²) >= 11 is 0. The summed E-state index contributed by atoms with van der Waals surface area (Å²) in [6.45, 7) is 2.50. The number of imidazole rings is 1. The molecule has 0 radical (unpaired) electrons. The third-order valence-corrected chi connectivity index (χ3v) is 5.02. The highest BCUT2D eigenvalue weighted by atomic mass is 35.7. The molecule has 1 aliphatic heterocycles. The van der Waals surface area contributed by atoms with E-state index in [-0.39, 0.29) is 4.90 Å². The van der Waals surface area contributed by atoms with Crippen LogP contribution in [0.1, 0.15) is 12.8 Å². The number of ether oxygens (including phenoxy) is 1. The topological polar surface area (TPSA) is 61.2 Å². The second-order valence-electron chi connectivity index (χ2n) is 5.04. The van der Waals surface area contributed by atoms with Crippen molar-refractivity contribution in [2.24, 2.45) is 5.92 Å². The predicted octanol–water partition coefficient (Wildman–Crippen LogP) is 2.39. The minimum atomic E-state index is -3.71. The van der Waals surface area contributed by atoms with E-state index in [2.05, 4.69) is 9.55 Å². The van der Waals surface area contributed by atoms with Gasteiger partial charge in [0, 0.05) is 30.4 Å². The first kappa shape index (κ1) is 13.9. The van der Waals surface area contributed by atoms with Crippen LogP contribution >= 0.6 is 10.7 Å². The number of nitrogens with zero attached hydrogens (tertiary/aromatic N) is 2. The molecule has 0 saturated carbocycles. The summed E-state index contributed by atoms with van der Waals surface area (Å²) in [6, 6.07) is 4.79. The average Bonchev–Trinajstić information content (AvgIpc) is 2.81. The van der Waals surface area contributed by atoms with Gasteiger partial charge in [0.2, 0.25) is 0 Å². The Labute approximate surface area is 121 Å². The maximum atomic E-state index is 11.3. The SMILES string of the molecule is O=S(=O)(Cl)c1ccc2c(c1)ncn2CC1CCOCC1. The molecule has 0 unspecified atom stereocenters. The van der Waals surface area contributed by atoms with Crippen LogP contribution in [-0.2, 0) is 20.3 Å². The number of benzene rings is 1. The first-order valence-corrected chi connectivity index (χ1v) is 8.82. The molecule has 0 aliphatic carbocycles. The summed E-state index contributed by atoms with van der Waals surface area (Å²) in [5.41, 5.74) is 1.58. The third-order valence-electron chi connectivity index (χ3n) is 3.67. The van der Waals surface area contributed by atoms with Crippen molar-refractivity contribution in [1.82, 2.24) is 9.55 Å². The second-order valence-corrected chi connectivity index (χ2v) is 7.61. The van der Waals surface area contributed by atoms with Gasteiger partial charge in [-0.25, -0.2) is 13.4 Å². The van der Waals surface area contributed by atoms with E-state index in [9.17, 15) is 8.42 Å². The van der Waals surface area contributed by atoms with Crippen molar-refractivity contribution in [3.8, 4) is 0 Å². The van der Waals surface area contributed by atoms with Crippen LogP contribution in [-0.4, -0.2) is 31.2 Å². The van der Waals surface area contributed by atoms with E-state index in [0.29, 0.717) is 11.4 Å². The second kappa shape index (κ2) is 5.35. The molecule has 1 aromatic heterocycles. The predicted molar refractivity (Wildman–Crippen MR) is 76.3 cm³/mol. The molecule has 0 amide bonds. The smallest absolute Gasteiger partial charge is 0.261 e. The largest absolute Gasteiger partial charge is 0.381 e. The van der Waals surface area contributed by atoms with Crippen molar-refractivity contribution in [2.75, 3.05) is 13.2 Å². The zero-order valence-corrected chi connectivity index (χ0v) is 12.4. The maximum absolute atomic E-state index is 11.3. The Morgan fingerprint density at radius 1 is 1.35 bits per heavy atom. The van der Waals surface area contributed by atoms with Crippen LogP contribution in [0, 0.1) is 5.92 Å². The molecular formula is C13H15ClN2O3S. The van der Waals surface area contributed by atoms with Crippen molar-refractivity contribution in [1.29, 1.82) is 0 Å². The number of hydrogen-bond donors (Lipinski definition) is 0. The van der Waals surface area contributed by atoms with Crippen molar-refractivity contribution < 1.29 is 13.2 Å². The molecule has 1 aliphatic rings. The summed E-state index contributed by atoms with van der Waals surface area (Å²) in [7, 11) is 1.64. The third kappa shape index (κ3) is 2.82. The zero-order chi connectivity index (χ0) is 14.2. The summed E-state index contributed by atoms with van der Waals surface area (Å²) in [4.78, 5) is 4.35. The minimum Gasteiger partial charge on any atom is -0.381 e. The van der Waals surface area contributed by atoms with E-state index < -0.39 is 9.05 Å². The average molecular weight is 315 g/mol. The zero-order valence-electron chi connectivity index (χ0n) is 10.8. The van der Waals surface area contributed by atoms with Gasteiger partial charge in [0.05, 0.1) is 22.3 Å². The molecule has 1 aromatic carbocycles. The first-order valence-electron chi connectivity index (χ1n) is 6.51. The van der Waals surface area contributed by atoms with Crippen LogP contribution in [0.4, 0.5) is 0 Å². The molecule has 3 rings (SSSR count). The molecule has 0 spiro atoms. The van der Waals surface area contributed by atoms with Gasteiger partial charge in [-0.1, -0.05) is 0 Å². The van der Waals surface area contributed by atoms with E-state index in [1.807, 2.05) is 0 Å². The van der Waals surface area contributed by atoms with Crippen molar-refractivity contribution in [2.45, 2.75) is 24.3 Å². The van der Waals surface area contributed by atoms with E-state index in [1.54, 1.807) is 12.4 Å². The Morgan fingerprint density at radius 3 is 2.80 bits per heavy atom. The van der Waals surface area contributed by atoms with E-state index in [0.717, 1.165) is 38.1 Å². The van der Waals surface area contributed by atoms with Crippen molar-refractivity contribution in [3.05, 3.63) is 24.5 Å². The molecule has 20 heavy (non-hydrogen) atoms. The molecule has 7 heteroatoms. The minimum absolute atomic E-state index is 0.0861. The Balaban J connectivity index is 1.89. The molecule has 108 valence electrons. The van der Waals surface area contributed by atoms with Crippen molar-refractivity contribution >= 4 is 30.8 Å².